The van der Waals surface area contributed by atoms with E-state index in [1.807, 2.05) is 62.4 Å². The summed E-state index contributed by atoms with van der Waals surface area (Å²) in [4.78, 5) is 17.1. The van der Waals surface area contributed by atoms with Crippen molar-refractivity contribution >= 4 is 45.4 Å². The highest BCUT2D eigenvalue weighted by Crippen LogP contribution is 2.35. The average molecular weight is 446 g/mol. The molecule has 0 fully saturated rings. The molecule has 0 bridgehead atoms. The van der Waals surface area contributed by atoms with Crippen molar-refractivity contribution in [1.29, 1.82) is 5.26 Å². The maximum atomic E-state index is 11.9. The maximum Gasteiger partial charge on any atom is 0.337 e. The van der Waals surface area contributed by atoms with Crippen LogP contribution in [0.1, 0.15) is 27.3 Å². The molecule has 0 N–H and O–H groups in total. The van der Waals surface area contributed by atoms with Gasteiger partial charge in [0.05, 0.1) is 27.8 Å². The fourth-order valence-electron chi connectivity index (χ4n) is 3.44. The molecule has 5 nitrogen and oxygen atoms in total. The quantitative estimate of drug-likeness (QED) is 0.209. The lowest BCUT2D eigenvalue weighted by Crippen LogP contribution is -2.04. The summed E-state index contributed by atoms with van der Waals surface area (Å²) < 4.78 is 8.85. The molecule has 0 amide bonds. The Morgan fingerprint density at radius 1 is 1.19 bits per heavy atom. The number of thiazole rings is 1. The first-order valence-electron chi connectivity index (χ1n) is 9.53. The maximum absolute atomic E-state index is 11.9. The van der Waals surface area contributed by atoms with E-state index >= 15 is 0 Å². The summed E-state index contributed by atoms with van der Waals surface area (Å²) in [6.45, 7) is 4.00. The minimum absolute atomic E-state index is 0.372. The molecule has 0 aliphatic carbocycles. The molecular weight excluding hydrogens is 426 g/mol. The number of carbonyl (C=O) groups excluding carboxylic acids is 1. The summed E-state index contributed by atoms with van der Waals surface area (Å²) in [7, 11) is 1.37. The monoisotopic (exact) mass is 445 g/mol. The number of hydrogen-bond donors (Lipinski definition) is 0. The molecule has 7 heteroatoms. The van der Waals surface area contributed by atoms with Crippen molar-refractivity contribution < 1.29 is 9.53 Å². The number of methoxy groups -OCH3 is 1. The van der Waals surface area contributed by atoms with Gasteiger partial charge < -0.3 is 9.30 Å². The molecule has 2 aromatic carbocycles. The van der Waals surface area contributed by atoms with Gasteiger partial charge in [-0.2, -0.15) is 5.26 Å². The molecule has 0 radical (unpaired) electrons. The summed E-state index contributed by atoms with van der Waals surface area (Å²) >= 11 is 2.95. The highest BCUT2D eigenvalue weighted by Gasteiger charge is 2.14. The SMILES string of the molecule is COC(=O)c1cccc(-n2c(C)cc(C=C(C#N)Sc3nc4ccccc4s3)c2C)c1. The number of thioether (sulfide) groups is 1. The van der Waals surface area contributed by atoms with Crippen molar-refractivity contribution in [2.75, 3.05) is 7.11 Å². The molecule has 0 aliphatic heterocycles. The van der Waals surface area contributed by atoms with E-state index in [1.165, 1.54) is 18.9 Å². The van der Waals surface area contributed by atoms with Crippen LogP contribution in [0.2, 0.25) is 0 Å². The first kappa shape index (κ1) is 20.9. The van der Waals surface area contributed by atoms with Crippen molar-refractivity contribution in [3.63, 3.8) is 0 Å². The molecule has 0 aliphatic rings. The molecule has 0 saturated heterocycles. The van der Waals surface area contributed by atoms with Gasteiger partial charge in [-0.1, -0.05) is 18.2 Å². The topological polar surface area (TPSA) is 67.9 Å². The van der Waals surface area contributed by atoms with Crippen molar-refractivity contribution in [2.45, 2.75) is 18.2 Å². The number of aryl methyl sites for hydroxylation is 1. The minimum atomic E-state index is -0.372. The number of nitrogens with zero attached hydrogens (tertiary/aromatic N) is 3. The summed E-state index contributed by atoms with van der Waals surface area (Å²) in [5.41, 5.74) is 5.25. The predicted octanol–water partition coefficient (Wildman–Crippen LogP) is 6.15. The van der Waals surface area contributed by atoms with Crippen molar-refractivity contribution in [2.24, 2.45) is 0 Å². The Kier molecular flexibility index (Phi) is 5.94. The molecule has 4 aromatic rings. The molecule has 4 rings (SSSR count). The van der Waals surface area contributed by atoms with E-state index in [0.717, 1.165) is 37.2 Å². The summed E-state index contributed by atoms with van der Waals surface area (Å²) in [6.07, 6.45) is 1.89. The van der Waals surface area contributed by atoms with Gasteiger partial charge in [-0.05, 0) is 73.6 Å². The smallest absolute Gasteiger partial charge is 0.337 e. The molecule has 2 aromatic heterocycles. The van der Waals surface area contributed by atoms with E-state index < -0.39 is 0 Å². The summed E-state index contributed by atoms with van der Waals surface area (Å²) in [6, 6.07) is 19.6. The summed E-state index contributed by atoms with van der Waals surface area (Å²) in [5, 5.41) is 9.71. The second-order valence-electron chi connectivity index (χ2n) is 6.87. The van der Waals surface area contributed by atoms with Gasteiger partial charge in [-0.3, -0.25) is 0 Å². The molecular formula is C24H19N3O2S2. The lowest BCUT2D eigenvalue weighted by molar-refractivity contribution is 0.0600. The Bertz CT molecular complexity index is 1330. The lowest BCUT2D eigenvalue weighted by atomic mass is 10.2. The van der Waals surface area contributed by atoms with Crippen molar-refractivity contribution in [3.05, 3.63) is 82.0 Å². The van der Waals surface area contributed by atoms with Gasteiger partial charge in [0.15, 0.2) is 4.34 Å². The van der Waals surface area contributed by atoms with Crippen LogP contribution in [0.15, 0.2) is 63.8 Å². The number of hydrogen-bond acceptors (Lipinski definition) is 6. The third-order valence-corrected chi connectivity index (χ3v) is 6.89. The normalized spacial score (nSPS) is 11.5. The fraction of sp³-hybridized carbons (Fsp3) is 0.125. The van der Waals surface area contributed by atoms with Crippen LogP contribution >= 0.6 is 23.1 Å². The van der Waals surface area contributed by atoms with Gasteiger partial charge in [-0.15, -0.1) is 11.3 Å². The number of para-hydroxylation sites is 1. The largest absolute Gasteiger partial charge is 0.465 e. The number of esters is 1. The number of benzene rings is 2. The lowest BCUT2D eigenvalue weighted by Gasteiger charge is -2.11. The third-order valence-electron chi connectivity index (χ3n) is 4.86. The molecule has 0 atom stereocenters. The molecule has 0 unspecified atom stereocenters. The van der Waals surface area contributed by atoms with E-state index in [9.17, 15) is 10.1 Å². The zero-order valence-electron chi connectivity index (χ0n) is 17.2. The van der Waals surface area contributed by atoms with Crippen molar-refractivity contribution in [3.8, 4) is 11.8 Å². The van der Waals surface area contributed by atoms with Gasteiger partial charge >= 0.3 is 5.97 Å². The van der Waals surface area contributed by atoms with Crippen LogP contribution in [0.3, 0.4) is 0 Å². The van der Waals surface area contributed by atoms with Crippen molar-refractivity contribution in [1.82, 2.24) is 9.55 Å². The number of allylic oxidation sites excluding steroid dienone is 1. The first-order chi connectivity index (χ1) is 15.0. The molecule has 2 heterocycles. The number of fused-ring (bicyclic) bond motifs is 1. The van der Waals surface area contributed by atoms with Crippen LogP contribution in [0, 0.1) is 25.2 Å². The first-order valence-corrected chi connectivity index (χ1v) is 11.2. The zero-order valence-corrected chi connectivity index (χ0v) is 18.9. The summed E-state index contributed by atoms with van der Waals surface area (Å²) in [5.74, 6) is -0.372. The number of carbonyl (C=O) groups is 1. The molecule has 0 spiro atoms. The number of nitriles is 1. The third kappa shape index (κ3) is 4.26. The Labute approximate surface area is 188 Å². The van der Waals surface area contributed by atoms with E-state index in [2.05, 4.69) is 15.6 Å². The average Bonchev–Trinajstić information content (AvgIpc) is 3.32. The van der Waals surface area contributed by atoms with Gasteiger partial charge in [-0.25, -0.2) is 9.78 Å². The highest BCUT2D eigenvalue weighted by molar-refractivity contribution is 8.05. The van der Waals surface area contributed by atoms with Crippen LogP contribution in [0.4, 0.5) is 0 Å². The fourth-order valence-corrected chi connectivity index (χ4v) is 5.40. The Morgan fingerprint density at radius 2 is 2.00 bits per heavy atom. The van der Waals surface area contributed by atoms with Crippen LogP contribution in [0.5, 0.6) is 0 Å². The van der Waals surface area contributed by atoms with Gasteiger partial charge in [0.25, 0.3) is 0 Å². The highest BCUT2D eigenvalue weighted by atomic mass is 32.2. The Balaban J connectivity index is 1.68. The second-order valence-corrected chi connectivity index (χ2v) is 9.19. The van der Waals surface area contributed by atoms with E-state index in [1.54, 1.807) is 23.5 Å². The van der Waals surface area contributed by atoms with Gasteiger partial charge in [0.2, 0.25) is 0 Å². The Morgan fingerprint density at radius 3 is 2.74 bits per heavy atom. The van der Waals surface area contributed by atoms with E-state index in [0.29, 0.717) is 10.5 Å². The molecule has 154 valence electrons. The Hall–Kier alpha value is -3.34. The van der Waals surface area contributed by atoms with E-state index in [4.69, 9.17) is 4.74 Å². The number of ether oxygens (including phenoxy) is 1. The predicted molar refractivity (Wildman–Crippen MR) is 126 cm³/mol. The number of aromatic nitrogens is 2. The minimum Gasteiger partial charge on any atom is -0.465 e. The number of rotatable bonds is 5. The molecule has 31 heavy (non-hydrogen) atoms. The van der Waals surface area contributed by atoms with Gasteiger partial charge in [0, 0.05) is 17.1 Å². The van der Waals surface area contributed by atoms with Crippen LogP contribution in [0.25, 0.3) is 22.0 Å². The van der Waals surface area contributed by atoms with Crippen LogP contribution in [-0.2, 0) is 4.74 Å². The second kappa shape index (κ2) is 8.80. The van der Waals surface area contributed by atoms with Crippen LogP contribution in [-0.4, -0.2) is 22.6 Å². The van der Waals surface area contributed by atoms with Crippen LogP contribution < -0.4 is 0 Å². The molecule has 0 saturated carbocycles. The zero-order chi connectivity index (χ0) is 22.0. The van der Waals surface area contributed by atoms with Gasteiger partial charge in [0.1, 0.15) is 6.07 Å². The standard InChI is InChI=1S/C24H19N3O2S2/c1-15-11-18(16(2)27(15)19-8-6-7-17(12-19)23(28)29-3)13-20(14-25)30-24-26-21-9-4-5-10-22(21)31-24/h4-13H,1-3H3. The van der Waals surface area contributed by atoms with E-state index in [-0.39, 0.29) is 5.97 Å².